The van der Waals surface area contributed by atoms with E-state index in [9.17, 15) is 0 Å². The average Bonchev–Trinajstić information content (AvgIpc) is 2.84. The molecule has 2 aromatic heterocycles. The van der Waals surface area contributed by atoms with Gasteiger partial charge in [-0.1, -0.05) is 15.9 Å². The topological polar surface area (TPSA) is 29.0 Å². The molecule has 78 valence electrons. The lowest BCUT2D eigenvalue weighted by Gasteiger charge is -2.16. The fraction of sp³-hybridized carbons (Fsp3) is 0.400. The number of fused-ring (bicyclic) bond motifs is 1. The van der Waals surface area contributed by atoms with Gasteiger partial charge in [-0.05, 0) is 17.9 Å². The molecule has 0 saturated carbocycles. The van der Waals surface area contributed by atoms with Crippen LogP contribution in [0.15, 0.2) is 17.8 Å². The van der Waals surface area contributed by atoms with Crippen molar-refractivity contribution >= 4 is 43.3 Å². The third-order valence-corrected chi connectivity index (χ3v) is 4.24. The van der Waals surface area contributed by atoms with E-state index in [0.29, 0.717) is 4.83 Å². The summed E-state index contributed by atoms with van der Waals surface area (Å²) in [5.41, 5.74) is 0. The zero-order valence-corrected chi connectivity index (χ0v) is 10.5. The van der Waals surface area contributed by atoms with Crippen LogP contribution >= 0.6 is 27.3 Å². The molecule has 1 saturated heterocycles. The second-order valence-corrected chi connectivity index (χ2v) is 5.86. The maximum absolute atomic E-state index is 4.40. The van der Waals surface area contributed by atoms with Gasteiger partial charge in [0.15, 0.2) is 0 Å². The van der Waals surface area contributed by atoms with Gasteiger partial charge in [0.2, 0.25) is 0 Å². The van der Waals surface area contributed by atoms with Crippen LogP contribution in [0.5, 0.6) is 0 Å². The third kappa shape index (κ3) is 1.63. The molecule has 1 fully saturated rings. The highest BCUT2D eigenvalue weighted by Gasteiger charge is 2.22. The van der Waals surface area contributed by atoms with Crippen molar-refractivity contribution in [1.82, 2.24) is 9.97 Å². The van der Waals surface area contributed by atoms with Crippen LogP contribution < -0.4 is 4.90 Å². The Labute approximate surface area is 100 Å². The van der Waals surface area contributed by atoms with Gasteiger partial charge in [-0.25, -0.2) is 9.97 Å². The van der Waals surface area contributed by atoms with Gasteiger partial charge in [0.1, 0.15) is 17.0 Å². The SMILES string of the molecule is BrC1CCN(c2ncnc3sccc23)C1. The summed E-state index contributed by atoms with van der Waals surface area (Å²) >= 11 is 5.32. The van der Waals surface area contributed by atoms with Crippen molar-refractivity contribution < 1.29 is 0 Å². The maximum Gasteiger partial charge on any atom is 0.140 e. The molecule has 3 rings (SSSR count). The van der Waals surface area contributed by atoms with Crippen molar-refractivity contribution in [2.75, 3.05) is 18.0 Å². The van der Waals surface area contributed by atoms with Crippen LogP contribution in [0.3, 0.4) is 0 Å². The molecular formula is C10H10BrN3S. The van der Waals surface area contributed by atoms with Crippen molar-refractivity contribution in [2.45, 2.75) is 11.2 Å². The zero-order valence-electron chi connectivity index (χ0n) is 8.06. The molecule has 3 nitrogen and oxygen atoms in total. The molecule has 0 aliphatic carbocycles. The van der Waals surface area contributed by atoms with Crippen molar-refractivity contribution in [3.8, 4) is 0 Å². The molecule has 0 bridgehead atoms. The third-order valence-electron chi connectivity index (χ3n) is 2.67. The van der Waals surface area contributed by atoms with Crippen molar-refractivity contribution in [3.63, 3.8) is 0 Å². The monoisotopic (exact) mass is 283 g/mol. The van der Waals surface area contributed by atoms with Gasteiger partial charge >= 0.3 is 0 Å². The summed E-state index contributed by atoms with van der Waals surface area (Å²) in [6.07, 6.45) is 2.85. The fourth-order valence-electron chi connectivity index (χ4n) is 1.94. The zero-order chi connectivity index (χ0) is 10.3. The maximum atomic E-state index is 4.40. The highest BCUT2D eigenvalue weighted by Crippen LogP contribution is 2.30. The summed E-state index contributed by atoms with van der Waals surface area (Å²) in [6, 6.07) is 2.11. The molecule has 1 aliphatic rings. The van der Waals surface area contributed by atoms with Crippen molar-refractivity contribution in [2.24, 2.45) is 0 Å². The lowest BCUT2D eigenvalue weighted by atomic mass is 10.3. The van der Waals surface area contributed by atoms with Gasteiger partial charge < -0.3 is 4.90 Å². The van der Waals surface area contributed by atoms with Crippen LogP contribution in [0.4, 0.5) is 5.82 Å². The molecule has 3 heterocycles. The molecule has 0 radical (unpaired) electrons. The Kier molecular flexibility index (Phi) is 2.36. The quantitative estimate of drug-likeness (QED) is 0.754. The van der Waals surface area contributed by atoms with E-state index in [0.717, 1.165) is 23.7 Å². The van der Waals surface area contributed by atoms with Crippen LogP contribution in [0.2, 0.25) is 0 Å². The normalized spacial score (nSPS) is 21.4. The minimum absolute atomic E-state index is 0.598. The largest absolute Gasteiger partial charge is 0.355 e. The number of hydrogen-bond acceptors (Lipinski definition) is 4. The Morgan fingerprint density at radius 2 is 2.40 bits per heavy atom. The standard InChI is InChI=1S/C10H10BrN3S/c11-7-1-3-14(5-7)9-8-2-4-15-10(8)13-6-12-9/h2,4,6-7H,1,3,5H2. The number of halogens is 1. The molecule has 1 atom stereocenters. The number of thiophene rings is 1. The van der Waals surface area contributed by atoms with Gasteiger partial charge in [0.05, 0.1) is 5.39 Å². The van der Waals surface area contributed by atoms with E-state index in [1.807, 2.05) is 0 Å². The molecule has 0 N–H and O–H groups in total. The molecule has 5 heteroatoms. The summed E-state index contributed by atoms with van der Waals surface area (Å²) in [5, 5.41) is 3.26. The van der Waals surface area contributed by atoms with Crippen LogP contribution in [0, 0.1) is 0 Å². The molecular weight excluding hydrogens is 274 g/mol. The van der Waals surface area contributed by atoms with Crippen LogP contribution in [-0.2, 0) is 0 Å². The molecule has 0 spiro atoms. The number of nitrogens with zero attached hydrogens (tertiary/aromatic N) is 3. The minimum atomic E-state index is 0.598. The molecule has 2 aromatic rings. The Balaban J connectivity index is 2.06. The number of anilines is 1. The number of aromatic nitrogens is 2. The Morgan fingerprint density at radius 1 is 1.47 bits per heavy atom. The number of rotatable bonds is 1. The average molecular weight is 284 g/mol. The second-order valence-electron chi connectivity index (χ2n) is 3.67. The molecule has 0 amide bonds. The van der Waals surface area contributed by atoms with E-state index in [4.69, 9.17) is 0 Å². The molecule has 0 aromatic carbocycles. The van der Waals surface area contributed by atoms with Gasteiger partial charge in [-0.15, -0.1) is 11.3 Å². The van der Waals surface area contributed by atoms with E-state index in [-0.39, 0.29) is 0 Å². The summed E-state index contributed by atoms with van der Waals surface area (Å²) in [7, 11) is 0. The van der Waals surface area contributed by atoms with Gasteiger partial charge in [0.25, 0.3) is 0 Å². The first kappa shape index (κ1) is 9.54. The number of hydrogen-bond donors (Lipinski definition) is 0. The predicted molar refractivity (Wildman–Crippen MR) is 67.0 cm³/mol. The lowest BCUT2D eigenvalue weighted by molar-refractivity contribution is 0.941. The Morgan fingerprint density at radius 3 is 3.20 bits per heavy atom. The first-order chi connectivity index (χ1) is 7.34. The minimum Gasteiger partial charge on any atom is -0.355 e. The summed E-state index contributed by atoms with van der Waals surface area (Å²) in [6.45, 7) is 2.12. The highest BCUT2D eigenvalue weighted by atomic mass is 79.9. The van der Waals surface area contributed by atoms with Crippen LogP contribution in [0.25, 0.3) is 10.2 Å². The predicted octanol–water partition coefficient (Wildman–Crippen LogP) is 2.66. The van der Waals surface area contributed by atoms with Gasteiger partial charge in [-0.3, -0.25) is 0 Å². The molecule has 1 aliphatic heterocycles. The molecule has 15 heavy (non-hydrogen) atoms. The van der Waals surface area contributed by atoms with Crippen molar-refractivity contribution in [1.29, 1.82) is 0 Å². The van der Waals surface area contributed by atoms with Crippen molar-refractivity contribution in [3.05, 3.63) is 17.8 Å². The van der Waals surface area contributed by atoms with E-state index in [1.54, 1.807) is 17.7 Å². The number of alkyl halides is 1. The molecule has 1 unspecified atom stereocenters. The summed E-state index contributed by atoms with van der Waals surface area (Å²) in [5.74, 6) is 1.09. The Bertz CT molecular complexity index is 484. The van der Waals surface area contributed by atoms with E-state index < -0.39 is 0 Å². The van der Waals surface area contributed by atoms with Crippen LogP contribution in [0.1, 0.15) is 6.42 Å². The summed E-state index contributed by atoms with van der Waals surface area (Å²) in [4.78, 5) is 12.7. The second kappa shape index (κ2) is 3.72. The van der Waals surface area contributed by atoms with E-state index in [1.165, 1.54) is 11.8 Å². The first-order valence-corrected chi connectivity index (χ1v) is 6.71. The fourth-order valence-corrected chi connectivity index (χ4v) is 3.22. The van der Waals surface area contributed by atoms with Crippen LogP contribution in [-0.4, -0.2) is 27.9 Å². The van der Waals surface area contributed by atoms with Gasteiger partial charge in [0, 0.05) is 17.9 Å². The summed E-state index contributed by atoms with van der Waals surface area (Å²) < 4.78 is 0. The first-order valence-electron chi connectivity index (χ1n) is 4.92. The highest BCUT2D eigenvalue weighted by molar-refractivity contribution is 9.09. The van der Waals surface area contributed by atoms with Gasteiger partial charge in [-0.2, -0.15) is 0 Å². The van der Waals surface area contributed by atoms with E-state index >= 15 is 0 Å². The Hall–Kier alpha value is -0.680. The van der Waals surface area contributed by atoms with E-state index in [2.05, 4.69) is 42.2 Å². The lowest BCUT2D eigenvalue weighted by Crippen LogP contribution is -2.20. The smallest absolute Gasteiger partial charge is 0.140 e.